The van der Waals surface area contributed by atoms with E-state index in [2.05, 4.69) is 4.98 Å². The van der Waals surface area contributed by atoms with Crippen molar-refractivity contribution in [3.63, 3.8) is 0 Å². The molecule has 1 N–H and O–H groups in total. The Morgan fingerprint density at radius 1 is 1.06 bits per heavy atom. The normalized spacial score (nSPS) is 10.9. The number of rotatable bonds is 2. The molecule has 0 saturated carbocycles. The highest BCUT2D eigenvalue weighted by atomic mass is 32.1. The first-order valence-electron chi connectivity index (χ1n) is 5.97. The molecule has 0 saturated heterocycles. The van der Waals surface area contributed by atoms with Crippen LogP contribution in [0.25, 0.3) is 21.8 Å². The molecule has 0 atom stereocenters. The van der Waals surface area contributed by atoms with Crippen molar-refractivity contribution >= 4 is 34.0 Å². The van der Waals surface area contributed by atoms with Gasteiger partial charge in [-0.05, 0) is 31.2 Å². The molecule has 90 valence electrons. The molecule has 3 aromatic rings. The van der Waals surface area contributed by atoms with Crippen molar-refractivity contribution in [2.45, 2.75) is 6.92 Å². The second-order valence-electron chi connectivity index (χ2n) is 4.14. The van der Waals surface area contributed by atoms with E-state index in [1.807, 2.05) is 49.4 Å². The number of pyridine rings is 1. The van der Waals surface area contributed by atoms with Crippen LogP contribution in [0.2, 0.25) is 0 Å². The number of hydrogen-bond donors (Lipinski definition) is 1. The molecule has 2 nitrogen and oxygen atoms in total. The van der Waals surface area contributed by atoms with Crippen LogP contribution in [-0.2, 0) is 0 Å². The van der Waals surface area contributed by atoms with Crippen LogP contribution >= 0.6 is 12.2 Å². The number of benzene rings is 2. The molecule has 3 rings (SSSR count). The average Bonchev–Trinajstić information content (AvgIpc) is 2.40. The molecule has 0 radical (unpaired) electrons. The molecule has 0 bridgehead atoms. The van der Waals surface area contributed by atoms with Crippen LogP contribution in [0.1, 0.15) is 6.92 Å². The van der Waals surface area contributed by atoms with Crippen molar-refractivity contribution in [1.29, 1.82) is 0 Å². The summed E-state index contributed by atoms with van der Waals surface area (Å²) >= 11 is 5.56. The van der Waals surface area contributed by atoms with Crippen molar-refractivity contribution in [1.82, 2.24) is 4.98 Å². The lowest BCUT2D eigenvalue weighted by molar-refractivity contribution is 0.340. The molecule has 1 aromatic heterocycles. The monoisotopic (exact) mass is 255 g/mol. The molecule has 0 amide bonds. The van der Waals surface area contributed by atoms with Crippen LogP contribution in [0.4, 0.5) is 0 Å². The van der Waals surface area contributed by atoms with Crippen LogP contribution in [0.5, 0.6) is 5.75 Å². The van der Waals surface area contributed by atoms with E-state index >= 15 is 0 Å². The minimum absolute atomic E-state index is 0.662. The Morgan fingerprint density at radius 3 is 2.67 bits per heavy atom. The predicted molar refractivity (Wildman–Crippen MR) is 77.8 cm³/mol. The topological polar surface area (TPSA) is 25.0 Å². The van der Waals surface area contributed by atoms with Gasteiger partial charge in [-0.1, -0.05) is 30.4 Å². The van der Waals surface area contributed by atoms with Gasteiger partial charge in [0.15, 0.2) is 0 Å². The smallest absolute Gasteiger partial charge is 0.120 e. The molecule has 18 heavy (non-hydrogen) atoms. The van der Waals surface area contributed by atoms with Gasteiger partial charge in [0.05, 0.1) is 11.1 Å². The van der Waals surface area contributed by atoms with E-state index < -0.39 is 0 Å². The number of para-hydroxylation sites is 1. The maximum absolute atomic E-state index is 5.56. The fourth-order valence-electron chi connectivity index (χ4n) is 2.16. The average molecular weight is 255 g/mol. The molecule has 0 spiro atoms. The van der Waals surface area contributed by atoms with E-state index in [9.17, 15) is 0 Å². The first kappa shape index (κ1) is 11.2. The van der Waals surface area contributed by atoms with Crippen molar-refractivity contribution < 1.29 is 4.74 Å². The highest BCUT2D eigenvalue weighted by Gasteiger charge is 2.03. The van der Waals surface area contributed by atoms with Gasteiger partial charge in [0.1, 0.15) is 5.75 Å². The van der Waals surface area contributed by atoms with Gasteiger partial charge in [-0.15, -0.1) is 0 Å². The lowest BCUT2D eigenvalue weighted by Gasteiger charge is -2.07. The second-order valence-corrected chi connectivity index (χ2v) is 4.55. The number of aromatic amines is 1. The number of nitrogens with one attached hydrogen (secondary N) is 1. The van der Waals surface area contributed by atoms with E-state index in [0.717, 1.165) is 32.1 Å². The predicted octanol–water partition coefficient (Wildman–Crippen LogP) is 4.45. The summed E-state index contributed by atoms with van der Waals surface area (Å²) in [5.41, 5.74) is 2.11. The molecule has 0 aliphatic carbocycles. The first-order valence-corrected chi connectivity index (χ1v) is 6.38. The summed E-state index contributed by atoms with van der Waals surface area (Å²) in [7, 11) is 0. The number of ether oxygens (including phenoxy) is 1. The number of aromatic nitrogens is 1. The Bertz CT molecular complexity index is 776. The van der Waals surface area contributed by atoms with Crippen LogP contribution in [0, 0.1) is 4.51 Å². The Kier molecular flexibility index (Phi) is 2.76. The van der Waals surface area contributed by atoms with Gasteiger partial charge in [0, 0.05) is 21.8 Å². The highest BCUT2D eigenvalue weighted by molar-refractivity contribution is 7.72. The summed E-state index contributed by atoms with van der Waals surface area (Å²) in [6.07, 6.45) is 0. The summed E-state index contributed by atoms with van der Waals surface area (Å²) in [5.74, 6) is 0.861. The molecule has 1 heterocycles. The molecule has 2 aromatic carbocycles. The Hall–Kier alpha value is -1.87. The molecule has 0 aliphatic heterocycles. The molecular weight excluding hydrogens is 242 g/mol. The molecule has 3 heteroatoms. The van der Waals surface area contributed by atoms with Crippen LogP contribution in [-0.4, -0.2) is 11.6 Å². The van der Waals surface area contributed by atoms with Gasteiger partial charge in [-0.25, -0.2) is 0 Å². The minimum Gasteiger partial charge on any atom is -0.494 e. The highest BCUT2D eigenvalue weighted by Crippen LogP contribution is 2.25. The van der Waals surface area contributed by atoms with E-state index in [1.165, 1.54) is 0 Å². The van der Waals surface area contributed by atoms with Gasteiger partial charge >= 0.3 is 0 Å². The van der Waals surface area contributed by atoms with Crippen LogP contribution in [0.15, 0.2) is 42.5 Å². The third-order valence-electron chi connectivity index (χ3n) is 2.99. The second kappa shape index (κ2) is 4.42. The zero-order valence-electron chi connectivity index (χ0n) is 10.1. The summed E-state index contributed by atoms with van der Waals surface area (Å²) < 4.78 is 6.40. The zero-order chi connectivity index (χ0) is 12.5. The van der Waals surface area contributed by atoms with E-state index in [4.69, 9.17) is 17.0 Å². The van der Waals surface area contributed by atoms with Gasteiger partial charge in [-0.2, -0.15) is 0 Å². The lowest BCUT2D eigenvalue weighted by Crippen LogP contribution is -1.92. The van der Waals surface area contributed by atoms with E-state index in [0.29, 0.717) is 6.61 Å². The van der Waals surface area contributed by atoms with Crippen molar-refractivity contribution in [3.05, 3.63) is 47.0 Å². The standard InChI is InChI=1S/C15H13NOS/c1-2-17-10-7-8-14-12(9-10)15(18)11-5-3-4-6-13(11)16-14/h3-9H,2H2,1H3,(H,16,18). The van der Waals surface area contributed by atoms with Crippen LogP contribution < -0.4 is 4.74 Å². The Labute approximate surface area is 110 Å². The maximum Gasteiger partial charge on any atom is 0.120 e. The molecule has 0 aliphatic rings. The molecular formula is C15H13NOS. The van der Waals surface area contributed by atoms with Gasteiger partial charge in [0.2, 0.25) is 0 Å². The SMILES string of the molecule is CCOc1ccc2[nH]c3ccccc3c(=S)c2c1. The molecule has 0 unspecified atom stereocenters. The lowest BCUT2D eigenvalue weighted by atomic mass is 10.1. The summed E-state index contributed by atoms with van der Waals surface area (Å²) in [4.78, 5) is 3.40. The number of hydrogen-bond acceptors (Lipinski definition) is 2. The molecule has 0 fully saturated rings. The van der Waals surface area contributed by atoms with Crippen molar-refractivity contribution in [2.75, 3.05) is 6.61 Å². The third-order valence-corrected chi connectivity index (χ3v) is 3.43. The van der Waals surface area contributed by atoms with E-state index in [-0.39, 0.29) is 0 Å². The third kappa shape index (κ3) is 1.77. The Balaban J connectivity index is 2.38. The fraction of sp³-hybridized carbons (Fsp3) is 0.133. The Morgan fingerprint density at radius 2 is 1.83 bits per heavy atom. The largest absolute Gasteiger partial charge is 0.494 e. The van der Waals surface area contributed by atoms with Gasteiger partial charge in [-0.3, -0.25) is 0 Å². The quantitative estimate of drug-likeness (QED) is 0.540. The van der Waals surface area contributed by atoms with Gasteiger partial charge in [0.25, 0.3) is 0 Å². The minimum atomic E-state index is 0.662. The fourth-order valence-corrected chi connectivity index (χ4v) is 2.50. The van der Waals surface area contributed by atoms with E-state index in [1.54, 1.807) is 0 Å². The summed E-state index contributed by atoms with van der Waals surface area (Å²) in [5, 5.41) is 2.11. The van der Waals surface area contributed by atoms with Crippen molar-refractivity contribution in [2.24, 2.45) is 0 Å². The summed E-state index contributed by atoms with van der Waals surface area (Å²) in [6.45, 7) is 2.64. The van der Waals surface area contributed by atoms with Crippen molar-refractivity contribution in [3.8, 4) is 5.75 Å². The number of H-pyrrole nitrogens is 1. The van der Waals surface area contributed by atoms with Gasteiger partial charge < -0.3 is 9.72 Å². The summed E-state index contributed by atoms with van der Waals surface area (Å²) in [6, 6.07) is 14.1. The first-order chi connectivity index (χ1) is 8.79. The maximum atomic E-state index is 5.56. The zero-order valence-corrected chi connectivity index (χ0v) is 10.9. The number of fused-ring (bicyclic) bond motifs is 2. The van der Waals surface area contributed by atoms with Crippen LogP contribution in [0.3, 0.4) is 0 Å².